The van der Waals surface area contributed by atoms with Crippen LogP contribution in [0.3, 0.4) is 0 Å². The molecule has 5 rings (SSSR count). The molecule has 2 heterocycles. The van der Waals surface area contributed by atoms with Crippen molar-refractivity contribution in [2.24, 2.45) is 16.5 Å². The minimum absolute atomic E-state index is 0.0155. The first-order valence-electron chi connectivity index (χ1n) is 16.0. The van der Waals surface area contributed by atoms with Crippen LogP contribution in [0.2, 0.25) is 0 Å². The Labute approximate surface area is 287 Å². The monoisotopic (exact) mass is 697 g/mol. The maximum absolute atomic E-state index is 14.3. The van der Waals surface area contributed by atoms with Gasteiger partial charge in [0.1, 0.15) is 41.2 Å². The Morgan fingerprint density at radius 3 is 2.54 bits per heavy atom. The van der Waals surface area contributed by atoms with E-state index in [4.69, 9.17) is 25.7 Å². The third kappa shape index (κ3) is 6.60. The number of aromatic hydroxyl groups is 1. The van der Waals surface area contributed by atoms with E-state index in [9.17, 15) is 40.2 Å². The molecule has 0 radical (unpaired) electrons. The lowest BCUT2D eigenvalue weighted by atomic mass is 9.79. The Morgan fingerprint density at radius 2 is 1.90 bits per heavy atom. The van der Waals surface area contributed by atoms with Crippen molar-refractivity contribution >= 4 is 17.5 Å². The van der Waals surface area contributed by atoms with E-state index in [1.165, 1.54) is 32.4 Å². The Hall–Kier alpha value is -4.71. The first-order valence-corrected chi connectivity index (χ1v) is 16.0. The second kappa shape index (κ2) is 14.6. The van der Waals surface area contributed by atoms with E-state index in [0.29, 0.717) is 17.9 Å². The van der Waals surface area contributed by atoms with E-state index in [1.807, 2.05) is 6.08 Å². The number of nitrogens with one attached hydrogen (secondary N) is 2. The van der Waals surface area contributed by atoms with Gasteiger partial charge in [-0.1, -0.05) is 6.08 Å². The Bertz CT molecular complexity index is 1760. The number of ether oxygens (including phenoxy) is 3. The maximum atomic E-state index is 14.3. The highest BCUT2D eigenvalue weighted by Gasteiger charge is 2.55. The van der Waals surface area contributed by atoms with Crippen LogP contribution in [0.15, 0.2) is 46.7 Å². The smallest absolute Gasteiger partial charge is 0.229 e. The first kappa shape index (κ1) is 36.6. The van der Waals surface area contributed by atoms with Gasteiger partial charge < -0.3 is 67.0 Å². The summed E-state index contributed by atoms with van der Waals surface area (Å²) in [6.45, 7) is 1.02. The zero-order chi connectivity index (χ0) is 36.5. The Kier molecular flexibility index (Phi) is 10.7. The number of methoxy groups -OCH3 is 1. The number of guanidine groups is 1. The highest BCUT2D eigenvalue weighted by atomic mass is 16.7. The molecule has 50 heavy (non-hydrogen) atoms. The molecular formula is C34H43N5O11. The van der Waals surface area contributed by atoms with E-state index in [1.54, 1.807) is 13.0 Å². The number of nitrogens with two attached hydrogens (primary N) is 2. The molecule has 0 spiro atoms. The lowest BCUT2D eigenvalue weighted by molar-refractivity contribution is -0.314. The van der Waals surface area contributed by atoms with E-state index < -0.39 is 60.2 Å². The third-order valence-corrected chi connectivity index (χ3v) is 9.34. The summed E-state index contributed by atoms with van der Waals surface area (Å²) in [5, 5.41) is 71.2. The molecule has 270 valence electrons. The van der Waals surface area contributed by atoms with E-state index in [2.05, 4.69) is 15.6 Å². The molecule has 0 aromatic heterocycles. The number of fused-ring (bicyclic) bond motifs is 2. The largest absolute Gasteiger partial charge is 0.507 e. The molecule has 2 aromatic rings. The normalized spacial score (nSPS) is 25.5. The van der Waals surface area contributed by atoms with Gasteiger partial charge in [0.05, 0.1) is 36.7 Å². The van der Waals surface area contributed by atoms with Gasteiger partial charge in [-0.15, -0.1) is 0 Å². The summed E-state index contributed by atoms with van der Waals surface area (Å²) in [7, 11) is 2.78. The number of aliphatic hydroxyl groups is 5. The standard InChI is InChI=1S/C34H43N5O11/c1-15-10-18-26(28(43)24(15)20(6-9-40)39-33(36)37-2)29(44)25-19(27(18)42)12-17(48-3)13-21(25)49-32-30(45)31(46)34(47,22(14-41)50-32)7-4-16-5-8-38-23(35)11-16/h5,10-13,20,22,30-32,38,40-41,43,45-47H,4,6-9,14,35H2,1-3H3,(H3,36,37,39). The second-order valence-electron chi connectivity index (χ2n) is 12.4. The highest BCUT2D eigenvalue weighted by Crippen LogP contribution is 2.44. The summed E-state index contributed by atoms with van der Waals surface area (Å²) in [5.74, 6) is -1.72. The molecule has 0 amide bonds. The number of phenolic OH excluding ortho intramolecular Hbond substituents is 1. The van der Waals surface area contributed by atoms with Gasteiger partial charge in [0.2, 0.25) is 12.1 Å². The molecule has 16 nitrogen and oxygen atoms in total. The average molecular weight is 698 g/mol. The Balaban J connectivity index is 1.51. The predicted molar refractivity (Wildman–Crippen MR) is 179 cm³/mol. The van der Waals surface area contributed by atoms with Crippen molar-refractivity contribution in [3.05, 3.63) is 75.1 Å². The van der Waals surface area contributed by atoms with Crippen molar-refractivity contribution in [3.63, 3.8) is 0 Å². The number of phenols is 1. The van der Waals surface area contributed by atoms with Gasteiger partial charge in [-0.3, -0.25) is 14.6 Å². The topological polar surface area (TPSA) is 272 Å². The number of hydrogen-bond donors (Lipinski definition) is 10. The van der Waals surface area contributed by atoms with Crippen LogP contribution in [0, 0.1) is 6.92 Å². The molecule has 2 aromatic carbocycles. The molecule has 1 fully saturated rings. The molecule has 6 atom stereocenters. The van der Waals surface area contributed by atoms with E-state index >= 15 is 0 Å². The van der Waals surface area contributed by atoms with Crippen LogP contribution < -0.4 is 31.6 Å². The highest BCUT2D eigenvalue weighted by molar-refractivity contribution is 6.30. The van der Waals surface area contributed by atoms with E-state index in [0.717, 1.165) is 5.57 Å². The van der Waals surface area contributed by atoms with Crippen LogP contribution in [-0.4, -0.2) is 112 Å². The summed E-state index contributed by atoms with van der Waals surface area (Å²) >= 11 is 0. The minimum Gasteiger partial charge on any atom is -0.507 e. The number of benzene rings is 2. The number of aryl methyl sites for hydroxylation is 1. The quantitative estimate of drug-likeness (QED) is 0.0859. The van der Waals surface area contributed by atoms with Crippen LogP contribution in [0.5, 0.6) is 17.2 Å². The van der Waals surface area contributed by atoms with Crippen molar-refractivity contribution in [1.29, 1.82) is 0 Å². The number of dihydropyridines is 1. The summed E-state index contributed by atoms with van der Waals surface area (Å²) < 4.78 is 17.2. The van der Waals surface area contributed by atoms with E-state index in [-0.39, 0.29) is 71.1 Å². The minimum atomic E-state index is -2.12. The Morgan fingerprint density at radius 1 is 1.18 bits per heavy atom. The molecule has 0 saturated carbocycles. The van der Waals surface area contributed by atoms with Crippen molar-refractivity contribution in [3.8, 4) is 17.2 Å². The van der Waals surface area contributed by atoms with Gasteiger partial charge in [0, 0.05) is 43.0 Å². The molecule has 6 unspecified atom stereocenters. The number of carbonyl (C=O) groups is 2. The molecule has 12 N–H and O–H groups in total. The zero-order valence-electron chi connectivity index (χ0n) is 27.8. The number of ketones is 2. The number of aliphatic hydroxyl groups excluding tert-OH is 4. The summed E-state index contributed by atoms with van der Waals surface area (Å²) in [5.41, 5.74) is 10.2. The zero-order valence-corrected chi connectivity index (χ0v) is 27.8. The first-order chi connectivity index (χ1) is 23.8. The van der Waals surface area contributed by atoms with Gasteiger partial charge in [-0.2, -0.15) is 0 Å². The summed E-state index contributed by atoms with van der Waals surface area (Å²) in [4.78, 5) is 32.1. The molecule has 16 heteroatoms. The number of hydrogen-bond acceptors (Lipinski definition) is 14. The van der Waals surface area contributed by atoms with Crippen LogP contribution in [0.1, 0.15) is 68.3 Å². The van der Waals surface area contributed by atoms with Gasteiger partial charge in [0.25, 0.3) is 0 Å². The second-order valence-corrected chi connectivity index (χ2v) is 12.4. The van der Waals surface area contributed by atoms with Crippen LogP contribution >= 0.6 is 0 Å². The SMILES string of the molecule is CN=C(N)NC(CCO)c1c(C)cc2c(c1O)C(=O)c1c(OC3OC(CO)C(O)(CCC4=CCNC(N)=C4)C(O)C3O)cc(OC)cc1C2=O. The fourth-order valence-electron chi connectivity index (χ4n) is 6.67. The van der Waals surface area contributed by atoms with Gasteiger partial charge in [-0.25, -0.2) is 0 Å². The molecule has 3 aliphatic rings. The van der Waals surface area contributed by atoms with Crippen molar-refractivity contribution < 1.29 is 54.4 Å². The number of allylic oxidation sites excluding steroid dienone is 2. The van der Waals surface area contributed by atoms with Crippen molar-refractivity contribution in [1.82, 2.24) is 10.6 Å². The lowest BCUT2D eigenvalue weighted by Crippen LogP contribution is -2.67. The summed E-state index contributed by atoms with van der Waals surface area (Å²) in [6.07, 6.45) is -3.28. The fourth-order valence-corrected chi connectivity index (χ4v) is 6.67. The fraction of sp³-hybridized carbons (Fsp3) is 0.441. The average Bonchev–Trinajstić information content (AvgIpc) is 3.09. The number of aliphatic imine (C=N–C) groups is 1. The third-order valence-electron chi connectivity index (χ3n) is 9.34. The number of nitrogens with zero attached hydrogens (tertiary/aromatic N) is 1. The van der Waals surface area contributed by atoms with Crippen LogP contribution in [0.4, 0.5) is 0 Å². The molecule has 1 aliphatic carbocycles. The van der Waals surface area contributed by atoms with Crippen LogP contribution in [-0.2, 0) is 4.74 Å². The number of carbonyl (C=O) groups excluding carboxylic acids is 2. The lowest BCUT2D eigenvalue weighted by Gasteiger charge is -2.48. The van der Waals surface area contributed by atoms with Gasteiger partial charge in [-0.05, 0) is 55.5 Å². The van der Waals surface area contributed by atoms with Crippen LogP contribution in [0.25, 0.3) is 0 Å². The van der Waals surface area contributed by atoms with Gasteiger partial charge >= 0.3 is 0 Å². The van der Waals surface area contributed by atoms with Crippen molar-refractivity contribution in [2.75, 3.05) is 33.9 Å². The van der Waals surface area contributed by atoms with Gasteiger partial charge in [0.15, 0.2) is 11.7 Å². The summed E-state index contributed by atoms with van der Waals surface area (Å²) in [6, 6.07) is 3.28. The van der Waals surface area contributed by atoms with Crippen molar-refractivity contribution in [2.45, 2.75) is 62.4 Å². The molecular weight excluding hydrogens is 654 g/mol. The number of rotatable bonds is 11. The molecule has 1 saturated heterocycles. The predicted octanol–water partition coefficient (Wildman–Crippen LogP) is -0.899. The maximum Gasteiger partial charge on any atom is 0.229 e. The molecule has 2 aliphatic heterocycles. The molecule has 0 bridgehead atoms.